The Hall–Kier alpha value is -1.94. The van der Waals surface area contributed by atoms with Crippen LogP contribution in [0.2, 0.25) is 0 Å². The van der Waals surface area contributed by atoms with Crippen molar-refractivity contribution < 1.29 is 9.13 Å². The van der Waals surface area contributed by atoms with E-state index in [4.69, 9.17) is 4.74 Å². The van der Waals surface area contributed by atoms with E-state index in [9.17, 15) is 4.39 Å². The molecular weight excluding hydrogens is 267 g/mol. The Labute approximate surface area is 125 Å². The Bertz CT molecular complexity index is 560. The first-order valence-electron chi connectivity index (χ1n) is 7.26. The van der Waals surface area contributed by atoms with E-state index < -0.39 is 0 Å². The molecule has 1 aromatic heterocycles. The molecule has 0 amide bonds. The second-order valence-corrected chi connectivity index (χ2v) is 4.88. The predicted octanol–water partition coefficient (Wildman–Crippen LogP) is 3.51. The number of ether oxygens (including phenoxy) is 1. The number of hydrogen-bond donors (Lipinski definition) is 1. The summed E-state index contributed by atoms with van der Waals surface area (Å²) < 4.78 is 19.3. The zero-order valence-electron chi connectivity index (χ0n) is 12.5. The molecule has 0 aliphatic rings. The van der Waals surface area contributed by atoms with Gasteiger partial charge in [-0.3, -0.25) is 4.98 Å². The van der Waals surface area contributed by atoms with E-state index in [2.05, 4.69) is 10.3 Å². The lowest BCUT2D eigenvalue weighted by atomic mass is 10.1. The lowest BCUT2D eigenvalue weighted by molar-refractivity contribution is 0.313. The molecular formula is C17H21FN2O. The van der Waals surface area contributed by atoms with Gasteiger partial charge in [0.05, 0.1) is 6.61 Å². The summed E-state index contributed by atoms with van der Waals surface area (Å²) in [6.45, 7) is 5.38. The highest BCUT2D eigenvalue weighted by atomic mass is 19.1. The largest absolute Gasteiger partial charge is 0.493 e. The summed E-state index contributed by atoms with van der Waals surface area (Å²) in [5.41, 5.74) is 1.83. The average molecular weight is 288 g/mol. The Balaban J connectivity index is 2.02. The van der Waals surface area contributed by atoms with E-state index >= 15 is 0 Å². The van der Waals surface area contributed by atoms with E-state index in [1.165, 1.54) is 12.1 Å². The van der Waals surface area contributed by atoms with Crippen molar-refractivity contribution in [3.8, 4) is 5.75 Å². The van der Waals surface area contributed by atoms with Gasteiger partial charge in [0.25, 0.3) is 0 Å². The van der Waals surface area contributed by atoms with Crippen LogP contribution in [0, 0.1) is 5.82 Å². The fraction of sp³-hybridized carbons (Fsp3) is 0.353. The summed E-state index contributed by atoms with van der Waals surface area (Å²) in [5.74, 6) is 0.479. The van der Waals surface area contributed by atoms with E-state index in [1.807, 2.05) is 32.0 Å². The molecule has 4 heteroatoms. The Morgan fingerprint density at radius 2 is 2.14 bits per heavy atom. The van der Waals surface area contributed by atoms with Gasteiger partial charge in [-0.1, -0.05) is 13.0 Å². The second-order valence-electron chi connectivity index (χ2n) is 4.88. The molecule has 1 heterocycles. The van der Waals surface area contributed by atoms with Crippen molar-refractivity contribution >= 4 is 0 Å². The van der Waals surface area contributed by atoms with Gasteiger partial charge in [-0.15, -0.1) is 0 Å². The molecule has 0 aliphatic carbocycles. The molecule has 1 N–H and O–H groups in total. The molecule has 2 rings (SSSR count). The summed E-state index contributed by atoms with van der Waals surface area (Å²) in [6.07, 6.45) is 2.50. The smallest absolute Gasteiger partial charge is 0.124 e. The maximum absolute atomic E-state index is 13.4. The van der Waals surface area contributed by atoms with Crippen LogP contribution in [0.25, 0.3) is 0 Å². The first kappa shape index (κ1) is 15.4. The number of benzene rings is 1. The van der Waals surface area contributed by atoms with Crippen molar-refractivity contribution in [2.45, 2.75) is 26.3 Å². The van der Waals surface area contributed by atoms with Gasteiger partial charge in [0.1, 0.15) is 11.6 Å². The van der Waals surface area contributed by atoms with Crippen molar-refractivity contribution in [1.29, 1.82) is 0 Å². The number of hydrogen-bond acceptors (Lipinski definition) is 3. The molecule has 1 unspecified atom stereocenters. The molecule has 0 aliphatic heterocycles. The molecule has 1 aromatic carbocycles. The van der Waals surface area contributed by atoms with Gasteiger partial charge in [-0.05, 0) is 43.8 Å². The van der Waals surface area contributed by atoms with Gasteiger partial charge in [0.15, 0.2) is 0 Å². The Morgan fingerprint density at radius 1 is 1.29 bits per heavy atom. The van der Waals surface area contributed by atoms with Gasteiger partial charge in [-0.25, -0.2) is 4.39 Å². The summed E-state index contributed by atoms with van der Waals surface area (Å²) in [4.78, 5) is 4.26. The van der Waals surface area contributed by atoms with Crippen molar-refractivity contribution in [2.24, 2.45) is 0 Å². The molecule has 0 spiro atoms. The first-order valence-corrected chi connectivity index (χ1v) is 7.26. The first-order chi connectivity index (χ1) is 10.2. The minimum Gasteiger partial charge on any atom is -0.493 e. The van der Waals surface area contributed by atoms with Crippen LogP contribution in [-0.2, 0) is 6.42 Å². The van der Waals surface area contributed by atoms with Gasteiger partial charge < -0.3 is 10.1 Å². The van der Waals surface area contributed by atoms with Crippen molar-refractivity contribution in [3.05, 3.63) is 59.7 Å². The highest BCUT2D eigenvalue weighted by Gasteiger charge is 2.12. The van der Waals surface area contributed by atoms with E-state index in [-0.39, 0.29) is 11.9 Å². The number of rotatable bonds is 7. The molecule has 21 heavy (non-hydrogen) atoms. The zero-order chi connectivity index (χ0) is 15.1. The van der Waals surface area contributed by atoms with E-state index in [0.29, 0.717) is 6.61 Å². The number of nitrogens with one attached hydrogen (secondary N) is 1. The molecule has 0 bridgehead atoms. The van der Waals surface area contributed by atoms with Crippen LogP contribution in [0.4, 0.5) is 4.39 Å². The molecule has 1 atom stereocenters. The zero-order valence-corrected chi connectivity index (χ0v) is 12.5. The minimum atomic E-state index is -0.244. The molecule has 112 valence electrons. The van der Waals surface area contributed by atoms with Crippen molar-refractivity contribution in [3.63, 3.8) is 0 Å². The topological polar surface area (TPSA) is 34.1 Å². The van der Waals surface area contributed by atoms with Crippen LogP contribution in [-0.4, -0.2) is 18.1 Å². The van der Waals surface area contributed by atoms with Crippen LogP contribution in [0.3, 0.4) is 0 Å². The van der Waals surface area contributed by atoms with Crippen LogP contribution >= 0.6 is 0 Å². The highest BCUT2D eigenvalue weighted by molar-refractivity contribution is 5.36. The van der Waals surface area contributed by atoms with Gasteiger partial charge >= 0.3 is 0 Å². The van der Waals surface area contributed by atoms with Crippen molar-refractivity contribution in [1.82, 2.24) is 10.3 Å². The van der Waals surface area contributed by atoms with Crippen LogP contribution in [0.1, 0.15) is 31.1 Å². The number of nitrogens with zero attached hydrogens (tertiary/aromatic N) is 1. The lowest BCUT2D eigenvalue weighted by Crippen LogP contribution is -2.19. The van der Waals surface area contributed by atoms with Crippen LogP contribution in [0.5, 0.6) is 5.75 Å². The fourth-order valence-corrected chi connectivity index (χ4v) is 2.22. The van der Waals surface area contributed by atoms with Crippen LogP contribution in [0.15, 0.2) is 42.6 Å². The standard InChI is InChI=1S/C17H21FN2O/c1-3-19-13(2)16-12-14(18)7-8-17(16)21-11-9-15-6-4-5-10-20-15/h4-8,10,12-13,19H,3,9,11H2,1-2H3. The molecule has 0 radical (unpaired) electrons. The Morgan fingerprint density at radius 3 is 2.86 bits per heavy atom. The third-order valence-corrected chi connectivity index (χ3v) is 3.29. The molecule has 3 nitrogen and oxygen atoms in total. The number of aromatic nitrogens is 1. The molecule has 0 saturated carbocycles. The van der Waals surface area contributed by atoms with E-state index in [0.717, 1.165) is 30.0 Å². The maximum atomic E-state index is 13.4. The second kappa shape index (κ2) is 7.74. The molecule has 0 fully saturated rings. The third-order valence-electron chi connectivity index (χ3n) is 3.29. The third kappa shape index (κ3) is 4.53. The normalized spacial score (nSPS) is 12.1. The molecule has 2 aromatic rings. The van der Waals surface area contributed by atoms with Gasteiger partial charge in [-0.2, -0.15) is 0 Å². The fourth-order valence-electron chi connectivity index (χ4n) is 2.22. The summed E-state index contributed by atoms with van der Waals surface area (Å²) >= 11 is 0. The van der Waals surface area contributed by atoms with Gasteiger partial charge in [0, 0.05) is 29.9 Å². The van der Waals surface area contributed by atoms with Crippen molar-refractivity contribution in [2.75, 3.05) is 13.2 Å². The maximum Gasteiger partial charge on any atom is 0.124 e. The Kier molecular flexibility index (Phi) is 5.69. The van der Waals surface area contributed by atoms with Crippen LogP contribution < -0.4 is 10.1 Å². The summed E-state index contributed by atoms with van der Waals surface area (Å²) in [6, 6.07) is 10.5. The SMILES string of the molecule is CCNC(C)c1cc(F)ccc1OCCc1ccccn1. The monoisotopic (exact) mass is 288 g/mol. The number of halogens is 1. The summed E-state index contributed by atoms with van der Waals surface area (Å²) in [7, 11) is 0. The highest BCUT2D eigenvalue weighted by Crippen LogP contribution is 2.26. The lowest BCUT2D eigenvalue weighted by Gasteiger charge is -2.17. The van der Waals surface area contributed by atoms with Gasteiger partial charge in [0.2, 0.25) is 0 Å². The minimum absolute atomic E-state index is 0.0514. The average Bonchev–Trinajstić information content (AvgIpc) is 2.50. The van der Waals surface area contributed by atoms with E-state index in [1.54, 1.807) is 12.3 Å². The molecule has 0 saturated heterocycles. The predicted molar refractivity (Wildman–Crippen MR) is 81.9 cm³/mol. The number of pyridine rings is 1. The summed E-state index contributed by atoms with van der Waals surface area (Å²) in [5, 5.41) is 3.28. The quantitative estimate of drug-likeness (QED) is 0.846.